The van der Waals surface area contributed by atoms with E-state index in [9.17, 15) is 23.1 Å². The Balaban J connectivity index is 2.63. The second-order valence-corrected chi connectivity index (χ2v) is 5.73. The zero-order valence-electron chi connectivity index (χ0n) is 8.87. The predicted molar refractivity (Wildman–Crippen MR) is 59.7 cm³/mol. The molecule has 1 unspecified atom stereocenters. The summed E-state index contributed by atoms with van der Waals surface area (Å²) in [5.74, 6) is -0.808. The van der Waals surface area contributed by atoms with Gasteiger partial charge in [-0.3, -0.25) is 14.3 Å². The maximum atomic E-state index is 11.5. The molecule has 17 heavy (non-hydrogen) atoms. The van der Waals surface area contributed by atoms with Crippen molar-refractivity contribution >= 4 is 9.84 Å². The molecule has 0 saturated heterocycles. The van der Waals surface area contributed by atoms with Gasteiger partial charge in [0.15, 0.2) is 9.84 Å². The molecule has 2 rings (SSSR count). The fourth-order valence-corrected chi connectivity index (χ4v) is 2.93. The molecule has 0 fully saturated rings. The van der Waals surface area contributed by atoms with Gasteiger partial charge in [-0.25, -0.2) is 13.2 Å². The normalized spacial score (nSPS) is 21.8. The third-order valence-electron chi connectivity index (χ3n) is 2.59. The lowest BCUT2D eigenvalue weighted by molar-refractivity contribution is 0.389. The van der Waals surface area contributed by atoms with Crippen molar-refractivity contribution in [2.45, 2.75) is 13.0 Å². The van der Waals surface area contributed by atoms with Crippen molar-refractivity contribution in [1.29, 1.82) is 0 Å². The Hall–Kier alpha value is -1.83. The highest BCUT2D eigenvalue weighted by Crippen LogP contribution is 2.23. The van der Waals surface area contributed by atoms with Crippen LogP contribution in [0.15, 0.2) is 21.1 Å². The van der Waals surface area contributed by atoms with Crippen LogP contribution in [0.3, 0.4) is 0 Å². The molecule has 0 spiro atoms. The molecule has 1 aromatic rings. The zero-order chi connectivity index (χ0) is 12.8. The molecule has 8 heteroatoms. The van der Waals surface area contributed by atoms with Gasteiger partial charge in [0, 0.05) is 5.41 Å². The average molecular weight is 258 g/mol. The van der Waals surface area contributed by atoms with Crippen LogP contribution in [-0.2, 0) is 9.84 Å². The van der Waals surface area contributed by atoms with Crippen LogP contribution in [0.2, 0.25) is 0 Å². The second kappa shape index (κ2) is 3.59. The highest BCUT2D eigenvalue weighted by Gasteiger charge is 2.26. The average Bonchev–Trinajstić information content (AvgIpc) is 2.55. The van der Waals surface area contributed by atoms with Gasteiger partial charge in [0.1, 0.15) is 0 Å². The first kappa shape index (κ1) is 11.6. The lowest BCUT2D eigenvalue weighted by atomic mass is 10.3. The van der Waals surface area contributed by atoms with Gasteiger partial charge in [0.2, 0.25) is 5.88 Å². The molecule has 0 amide bonds. The van der Waals surface area contributed by atoms with Crippen LogP contribution >= 0.6 is 0 Å². The topological polar surface area (TPSA) is 109 Å². The molecule has 1 aromatic heterocycles. The third-order valence-corrected chi connectivity index (χ3v) is 3.96. The highest BCUT2D eigenvalue weighted by atomic mass is 32.2. The van der Waals surface area contributed by atoms with Crippen molar-refractivity contribution < 1.29 is 13.5 Å². The summed E-state index contributed by atoms with van der Waals surface area (Å²) in [6.07, 6.45) is 1.30. The maximum Gasteiger partial charge on any atom is 0.331 e. The Morgan fingerprint density at radius 2 is 2.12 bits per heavy atom. The number of nitrogens with zero attached hydrogens (tertiary/aromatic N) is 1. The first-order valence-electron chi connectivity index (χ1n) is 4.77. The van der Waals surface area contributed by atoms with E-state index in [-0.39, 0.29) is 11.3 Å². The van der Waals surface area contributed by atoms with Gasteiger partial charge in [-0.1, -0.05) is 0 Å². The van der Waals surface area contributed by atoms with E-state index in [0.717, 1.165) is 9.98 Å². The van der Waals surface area contributed by atoms with Crippen molar-refractivity contribution in [3.63, 3.8) is 0 Å². The third kappa shape index (κ3) is 1.91. The number of hydrogen-bond acceptors (Lipinski definition) is 5. The SMILES string of the molecule is Cc1c(O)n(C2C=CS(=O)(=O)C2)c(=O)[nH]c1=O. The number of H-pyrrole nitrogens is 1. The van der Waals surface area contributed by atoms with E-state index in [2.05, 4.69) is 0 Å². The molecular weight excluding hydrogens is 248 g/mol. The number of sulfone groups is 1. The van der Waals surface area contributed by atoms with Crippen LogP contribution in [0.25, 0.3) is 0 Å². The summed E-state index contributed by atoms with van der Waals surface area (Å²) in [5, 5.41) is 10.7. The Morgan fingerprint density at radius 3 is 2.65 bits per heavy atom. The van der Waals surface area contributed by atoms with Crippen LogP contribution < -0.4 is 11.2 Å². The van der Waals surface area contributed by atoms with E-state index in [1.54, 1.807) is 0 Å². The van der Waals surface area contributed by atoms with Gasteiger partial charge < -0.3 is 5.11 Å². The number of aromatic nitrogens is 2. The summed E-state index contributed by atoms with van der Waals surface area (Å²) in [6, 6.07) is -0.789. The minimum atomic E-state index is -3.34. The predicted octanol–water partition coefficient (Wildman–Crippen LogP) is -0.966. The molecular formula is C9H10N2O5S. The van der Waals surface area contributed by atoms with Gasteiger partial charge >= 0.3 is 5.69 Å². The van der Waals surface area contributed by atoms with E-state index >= 15 is 0 Å². The summed E-state index contributed by atoms with van der Waals surface area (Å²) in [5.41, 5.74) is -1.54. The van der Waals surface area contributed by atoms with E-state index < -0.39 is 33.0 Å². The second-order valence-electron chi connectivity index (χ2n) is 3.80. The quantitative estimate of drug-likeness (QED) is 0.673. The summed E-state index contributed by atoms with van der Waals surface area (Å²) >= 11 is 0. The molecule has 2 heterocycles. The molecule has 1 aliphatic rings. The van der Waals surface area contributed by atoms with Crippen LogP contribution in [0, 0.1) is 6.92 Å². The van der Waals surface area contributed by atoms with Crippen LogP contribution in [0.1, 0.15) is 11.6 Å². The Bertz CT molecular complexity index is 710. The molecule has 0 aromatic carbocycles. The van der Waals surface area contributed by atoms with Crippen molar-refractivity contribution in [2.24, 2.45) is 0 Å². The van der Waals surface area contributed by atoms with Gasteiger partial charge in [-0.05, 0) is 13.0 Å². The number of nitrogens with one attached hydrogen (secondary N) is 1. The standard InChI is InChI=1S/C9H10N2O5S/c1-5-7(12)10-9(14)11(8(5)13)6-2-3-17(15,16)4-6/h2-3,6,13H,4H2,1H3,(H,10,12,14). The number of aromatic amines is 1. The molecule has 0 aliphatic carbocycles. The van der Waals surface area contributed by atoms with Crippen molar-refractivity contribution in [2.75, 3.05) is 5.75 Å². The molecule has 0 saturated carbocycles. The summed E-state index contributed by atoms with van der Waals surface area (Å²) in [7, 11) is -3.34. The molecule has 2 N–H and O–H groups in total. The lowest BCUT2D eigenvalue weighted by Crippen LogP contribution is -2.34. The van der Waals surface area contributed by atoms with Gasteiger partial charge in [0.05, 0.1) is 17.4 Å². The van der Waals surface area contributed by atoms with Crippen LogP contribution in [0.4, 0.5) is 0 Å². The smallest absolute Gasteiger partial charge is 0.331 e. The minimum absolute atomic E-state index is 0.0257. The Kier molecular flexibility index (Phi) is 2.46. The molecule has 1 aliphatic heterocycles. The van der Waals surface area contributed by atoms with Crippen molar-refractivity contribution in [1.82, 2.24) is 9.55 Å². The highest BCUT2D eigenvalue weighted by molar-refractivity contribution is 7.94. The minimum Gasteiger partial charge on any atom is -0.494 e. The maximum absolute atomic E-state index is 11.5. The molecule has 7 nitrogen and oxygen atoms in total. The lowest BCUT2D eigenvalue weighted by Gasteiger charge is -2.13. The summed E-state index contributed by atoms with van der Waals surface area (Å²) in [6.45, 7) is 1.34. The molecule has 92 valence electrons. The molecule has 0 radical (unpaired) electrons. The molecule has 1 atom stereocenters. The number of hydrogen-bond donors (Lipinski definition) is 2. The van der Waals surface area contributed by atoms with Crippen molar-refractivity contribution in [3.05, 3.63) is 37.9 Å². The first-order valence-corrected chi connectivity index (χ1v) is 6.49. The van der Waals surface area contributed by atoms with Gasteiger partial charge in [0.25, 0.3) is 5.56 Å². The first-order chi connectivity index (χ1) is 7.82. The van der Waals surface area contributed by atoms with Crippen LogP contribution in [0.5, 0.6) is 5.88 Å². The van der Waals surface area contributed by atoms with Crippen LogP contribution in [-0.4, -0.2) is 28.8 Å². The fourth-order valence-electron chi connectivity index (χ4n) is 1.66. The Morgan fingerprint density at radius 1 is 1.47 bits per heavy atom. The largest absolute Gasteiger partial charge is 0.494 e. The number of rotatable bonds is 1. The fraction of sp³-hybridized carbons (Fsp3) is 0.333. The molecule has 0 bridgehead atoms. The van der Waals surface area contributed by atoms with Gasteiger partial charge in [-0.15, -0.1) is 0 Å². The van der Waals surface area contributed by atoms with Crippen molar-refractivity contribution in [3.8, 4) is 5.88 Å². The number of aromatic hydroxyl groups is 1. The van der Waals surface area contributed by atoms with Gasteiger partial charge in [-0.2, -0.15) is 0 Å². The monoisotopic (exact) mass is 258 g/mol. The summed E-state index contributed by atoms with van der Waals surface area (Å²) in [4.78, 5) is 24.7. The van der Waals surface area contributed by atoms with E-state index in [0.29, 0.717) is 0 Å². The Labute approximate surface area is 96.0 Å². The van der Waals surface area contributed by atoms with E-state index in [1.807, 2.05) is 4.98 Å². The zero-order valence-corrected chi connectivity index (χ0v) is 9.69. The van der Waals surface area contributed by atoms with E-state index in [1.165, 1.54) is 13.0 Å². The number of allylic oxidation sites excluding steroid dienone is 1. The summed E-state index contributed by atoms with van der Waals surface area (Å²) < 4.78 is 23.3. The van der Waals surface area contributed by atoms with E-state index in [4.69, 9.17) is 0 Å².